The lowest BCUT2D eigenvalue weighted by Crippen LogP contribution is -2.35. The van der Waals surface area contributed by atoms with Gasteiger partial charge in [-0.3, -0.25) is 9.98 Å². The standard InChI is InChI=1S/C19H24BN9.C2H6/c1-12-8-22-11-25-18-13(20)9-26-29(18)19(23-7-6-14(12)21)24-10-17-27-15-4-2-3-5-16(15)28-17;1-2/h2-5,9,11-12,14H,6-8,10,21H2,1H3,(H,22,25)(H,23,24)(H,27,28);1-2H3. The van der Waals surface area contributed by atoms with Crippen molar-refractivity contribution in [3.05, 3.63) is 36.3 Å². The number of aromatic amines is 1. The molecule has 1 aliphatic heterocycles. The highest BCUT2D eigenvalue weighted by Crippen LogP contribution is 2.11. The molecule has 0 fully saturated rings. The quantitative estimate of drug-likeness (QED) is 0.468. The molecule has 1 aromatic carbocycles. The van der Waals surface area contributed by atoms with Gasteiger partial charge in [-0.1, -0.05) is 32.9 Å². The summed E-state index contributed by atoms with van der Waals surface area (Å²) in [7, 11) is 6.08. The Morgan fingerprint density at radius 3 is 2.90 bits per heavy atom. The number of rotatable bonds is 2. The number of hydrogen-bond donors (Lipinski definition) is 4. The first-order valence-electron chi connectivity index (χ1n) is 10.7. The van der Waals surface area contributed by atoms with Crippen molar-refractivity contribution in [2.24, 2.45) is 21.6 Å². The molecule has 0 aliphatic carbocycles. The lowest BCUT2D eigenvalue weighted by atomic mass is 10.00. The normalized spacial score (nSPS) is 19.2. The van der Waals surface area contributed by atoms with E-state index in [2.05, 4.69) is 37.6 Å². The lowest BCUT2D eigenvalue weighted by molar-refractivity contribution is 0.445. The van der Waals surface area contributed by atoms with Gasteiger partial charge in [0.25, 0.3) is 0 Å². The predicted molar refractivity (Wildman–Crippen MR) is 128 cm³/mol. The topological polar surface area (TPSA) is 121 Å². The third kappa shape index (κ3) is 5.52. The molecule has 4 rings (SSSR count). The fourth-order valence-electron chi connectivity index (χ4n) is 3.18. The molecule has 9 nitrogen and oxygen atoms in total. The first kappa shape index (κ1) is 22.5. The van der Waals surface area contributed by atoms with Crippen LogP contribution in [0.15, 0.2) is 40.4 Å². The van der Waals surface area contributed by atoms with E-state index in [1.807, 2.05) is 38.1 Å². The highest BCUT2D eigenvalue weighted by molar-refractivity contribution is 6.36. The van der Waals surface area contributed by atoms with Crippen LogP contribution in [0.25, 0.3) is 11.0 Å². The van der Waals surface area contributed by atoms with E-state index in [0.717, 1.165) is 23.3 Å². The van der Waals surface area contributed by atoms with Crippen molar-refractivity contribution in [2.45, 2.75) is 39.8 Å². The molecular weight excluding hydrogens is 389 g/mol. The molecule has 0 bridgehead atoms. The van der Waals surface area contributed by atoms with Gasteiger partial charge in [0.1, 0.15) is 19.5 Å². The van der Waals surface area contributed by atoms with Gasteiger partial charge in [-0.2, -0.15) is 9.78 Å². The Labute approximate surface area is 184 Å². The van der Waals surface area contributed by atoms with Crippen LogP contribution in [-0.4, -0.2) is 59.0 Å². The number of nitrogens with one attached hydrogen (secondary N) is 3. The van der Waals surface area contributed by atoms with Gasteiger partial charge >= 0.3 is 0 Å². The van der Waals surface area contributed by atoms with Gasteiger partial charge < -0.3 is 21.4 Å². The predicted octanol–water partition coefficient (Wildman–Crippen LogP) is 1.38. The van der Waals surface area contributed by atoms with E-state index < -0.39 is 0 Å². The van der Waals surface area contributed by atoms with Gasteiger partial charge in [0, 0.05) is 25.3 Å². The van der Waals surface area contributed by atoms with Crippen molar-refractivity contribution >= 4 is 42.5 Å². The summed E-state index contributed by atoms with van der Waals surface area (Å²) in [4.78, 5) is 17.0. The number of para-hydroxylation sites is 2. The zero-order valence-electron chi connectivity index (χ0n) is 18.3. The molecule has 2 radical (unpaired) electrons. The molecule has 31 heavy (non-hydrogen) atoms. The average molecular weight is 419 g/mol. The molecule has 0 saturated heterocycles. The van der Waals surface area contributed by atoms with Gasteiger partial charge in [0.2, 0.25) is 5.96 Å². The van der Waals surface area contributed by atoms with Crippen LogP contribution in [0.4, 0.5) is 5.82 Å². The molecule has 0 spiro atoms. The number of nitrogens with two attached hydrogens (primary N) is 1. The molecule has 2 atom stereocenters. The fourth-order valence-corrected chi connectivity index (χ4v) is 3.18. The Morgan fingerprint density at radius 2 is 2.10 bits per heavy atom. The molecule has 5 N–H and O–H groups in total. The van der Waals surface area contributed by atoms with E-state index in [4.69, 9.17) is 18.6 Å². The average Bonchev–Trinajstić information content (AvgIpc) is 3.37. The van der Waals surface area contributed by atoms with E-state index in [-0.39, 0.29) is 12.0 Å². The number of aliphatic imine (C=N–C) groups is 2. The van der Waals surface area contributed by atoms with Gasteiger partial charge in [-0.15, -0.1) is 0 Å². The Bertz CT molecular complexity index is 1000. The third-order valence-electron chi connectivity index (χ3n) is 4.99. The Balaban J connectivity index is 0.00000132. The summed E-state index contributed by atoms with van der Waals surface area (Å²) in [6.07, 6.45) is 3.97. The Hall–Kier alpha value is -3.14. The summed E-state index contributed by atoms with van der Waals surface area (Å²) in [6, 6.07) is 7.94. The number of aromatic nitrogens is 4. The number of imidazole rings is 1. The van der Waals surface area contributed by atoms with Gasteiger partial charge in [-0.25, -0.2) is 4.98 Å². The number of fused-ring (bicyclic) bond motifs is 2. The van der Waals surface area contributed by atoms with Crippen LogP contribution in [0.2, 0.25) is 0 Å². The largest absolute Gasteiger partial charge is 0.347 e. The van der Waals surface area contributed by atoms with E-state index >= 15 is 0 Å². The number of hydrogen-bond acceptors (Lipinski definition) is 7. The maximum absolute atomic E-state index is 6.27. The maximum atomic E-state index is 6.27. The highest BCUT2D eigenvalue weighted by atomic mass is 15.4. The van der Waals surface area contributed by atoms with Crippen molar-refractivity contribution in [1.29, 1.82) is 0 Å². The van der Waals surface area contributed by atoms with Crippen molar-refractivity contribution < 1.29 is 0 Å². The minimum absolute atomic E-state index is 0.0223. The van der Waals surface area contributed by atoms with Crippen LogP contribution < -0.4 is 21.8 Å². The second-order valence-electron chi connectivity index (χ2n) is 7.19. The van der Waals surface area contributed by atoms with Crippen LogP contribution >= 0.6 is 0 Å². The van der Waals surface area contributed by atoms with Crippen LogP contribution in [-0.2, 0) is 6.54 Å². The third-order valence-corrected chi connectivity index (χ3v) is 4.99. The molecule has 1 aliphatic rings. The lowest BCUT2D eigenvalue weighted by Gasteiger charge is -2.19. The van der Waals surface area contributed by atoms with Crippen molar-refractivity contribution in [2.75, 3.05) is 18.4 Å². The monoisotopic (exact) mass is 419 g/mol. The van der Waals surface area contributed by atoms with Crippen molar-refractivity contribution in [3.8, 4) is 0 Å². The fraction of sp³-hybridized carbons (Fsp3) is 0.429. The molecule has 2 aromatic heterocycles. The van der Waals surface area contributed by atoms with Gasteiger partial charge in [0.05, 0.1) is 23.9 Å². The van der Waals surface area contributed by atoms with E-state index in [0.29, 0.717) is 36.9 Å². The van der Waals surface area contributed by atoms with E-state index in [9.17, 15) is 0 Å². The number of benzene rings is 1. The minimum atomic E-state index is 0.0223. The summed E-state index contributed by atoms with van der Waals surface area (Å²) >= 11 is 0. The molecule has 0 amide bonds. The van der Waals surface area contributed by atoms with Crippen molar-refractivity contribution in [1.82, 2.24) is 25.1 Å². The first-order valence-corrected chi connectivity index (χ1v) is 10.7. The van der Waals surface area contributed by atoms with Crippen LogP contribution in [0.3, 0.4) is 0 Å². The van der Waals surface area contributed by atoms with Crippen LogP contribution in [0, 0.1) is 5.92 Å². The van der Waals surface area contributed by atoms with Crippen LogP contribution in [0.1, 0.15) is 33.0 Å². The minimum Gasteiger partial charge on any atom is -0.347 e. The molecule has 3 heterocycles. The second-order valence-corrected chi connectivity index (χ2v) is 7.19. The number of H-pyrrole nitrogens is 1. The highest BCUT2D eigenvalue weighted by Gasteiger charge is 2.16. The van der Waals surface area contributed by atoms with Crippen molar-refractivity contribution in [3.63, 3.8) is 0 Å². The summed E-state index contributed by atoms with van der Waals surface area (Å²) in [5.74, 6) is 2.25. The molecule has 162 valence electrons. The summed E-state index contributed by atoms with van der Waals surface area (Å²) < 4.78 is 1.64. The smallest absolute Gasteiger partial charge is 0.221 e. The number of anilines is 1. The number of nitrogens with zero attached hydrogens (tertiary/aromatic N) is 5. The molecular formula is C21H30BN9. The SMILES string of the molecule is CC.[B]c1cnn2c1NC=NCC(C)C(N)CCN=C2NCc1nc2ccccc2[nH]1. The summed E-state index contributed by atoms with van der Waals surface area (Å²) in [6.45, 7) is 7.76. The van der Waals surface area contributed by atoms with E-state index in [1.54, 1.807) is 17.2 Å². The van der Waals surface area contributed by atoms with Crippen LogP contribution in [0.5, 0.6) is 0 Å². The Kier molecular flexibility index (Phi) is 7.83. The first-order chi connectivity index (χ1) is 15.1. The van der Waals surface area contributed by atoms with Gasteiger partial charge in [0.15, 0.2) is 0 Å². The molecule has 0 saturated carbocycles. The zero-order chi connectivity index (χ0) is 22.2. The maximum Gasteiger partial charge on any atom is 0.221 e. The van der Waals surface area contributed by atoms with E-state index in [1.165, 1.54) is 0 Å². The summed E-state index contributed by atoms with van der Waals surface area (Å²) in [5.41, 5.74) is 8.70. The van der Waals surface area contributed by atoms with Gasteiger partial charge in [-0.05, 0) is 29.9 Å². The zero-order valence-corrected chi connectivity index (χ0v) is 18.3. The molecule has 2 unspecified atom stereocenters. The molecule has 10 heteroatoms. The Morgan fingerprint density at radius 1 is 1.29 bits per heavy atom. The summed E-state index contributed by atoms with van der Waals surface area (Å²) in [5, 5.41) is 10.8. The second kappa shape index (κ2) is 10.8. The molecule has 3 aromatic rings.